The second kappa shape index (κ2) is 8.45. The van der Waals surface area contributed by atoms with E-state index in [2.05, 4.69) is 34.5 Å². The van der Waals surface area contributed by atoms with Crippen LogP contribution in [0.15, 0.2) is 30.3 Å². The lowest BCUT2D eigenvalue weighted by molar-refractivity contribution is -0.120. The average molecular weight is 398 g/mol. The predicted molar refractivity (Wildman–Crippen MR) is 112 cm³/mol. The Morgan fingerprint density at radius 2 is 1.89 bits per heavy atom. The summed E-state index contributed by atoms with van der Waals surface area (Å²) in [5.41, 5.74) is 8.54. The van der Waals surface area contributed by atoms with Crippen molar-refractivity contribution in [1.82, 2.24) is 4.90 Å². The van der Waals surface area contributed by atoms with E-state index in [9.17, 15) is 9.59 Å². The fraction of sp³-hybridized carbons (Fsp3) is 0.455. The van der Waals surface area contributed by atoms with E-state index in [1.165, 1.54) is 23.3 Å². The number of carbonyl (C=O) groups excluding carboxylic acids is 2. The molecule has 148 valence electrons. The molecule has 1 aromatic carbocycles. The minimum Gasteiger partial charge on any atom is -0.365 e. The number of anilines is 1. The van der Waals surface area contributed by atoms with Crippen LogP contribution in [-0.4, -0.2) is 23.3 Å². The highest BCUT2D eigenvalue weighted by atomic mass is 32.1. The van der Waals surface area contributed by atoms with Crippen LogP contribution in [0.4, 0.5) is 5.00 Å². The van der Waals surface area contributed by atoms with Gasteiger partial charge in [0.1, 0.15) is 5.00 Å². The van der Waals surface area contributed by atoms with Gasteiger partial charge in [-0.25, -0.2) is 0 Å². The highest BCUT2D eigenvalue weighted by Crippen LogP contribution is 2.38. The number of hydrogen-bond acceptors (Lipinski definition) is 4. The van der Waals surface area contributed by atoms with Crippen molar-refractivity contribution in [2.75, 3.05) is 11.9 Å². The summed E-state index contributed by atoms with van der Waals surface area (Å²) in [4.78, 5) is 28.4. The molecule has 2 heterocycles. The molecule has 1 fully saturated rings. The fourth-order valence-electron chi connectivity index (χ4n) is 4.36. The molecule has 28 heavy (non-hydrogen) atoms. The van der Waals surface area contributed by atoms with Gasteiger partial charge in [0.15, 0.2) is 0 Å². The van der Waals surface area contributed by atoms with Crippen LogP contribution in [0.1, 0.15) is 58.5 Å². The predicted octanol–water partition coefficient (Wildman–Crippen LogP) is 3.92. The Labute approximate surface area is 169 Å². The van der Waals surface area contributed by atoms with Gasteiger partial charge in [-0.05, 0) is 30.4 Å². The van der Waals surface area contributed by atoms with Gasteiger partial charge in [0, 0.05) is 30.4 Å². The molecule has 0 atom stereocenters. The second-order valence-corrected chi connectivity index (χ2v) is 8.95. The molecule has 1 aromatic heterocycles. The standard InChI is InChI=1S/C22H27N3O2S/c23-20(26)19-17-11-12-25(13-15-7-3-1-4-8-15)14-18(17)28-22(19)24-21(27)16-9-5-2-6-10-16/h1,3-4,7-8,16H,2,5-6,9-14H2,(H2,23,26)(H,24,27). The van der Waals surface area contributed by atoms with E-state index in [4.69, 9.17) is 5.73 Å². The Balaban J connectivity index is 1.51. The first-order valence-electron chi connectivity index (χ1n) is 10.1. The van der Waals surface area contributed by atoms with Crippen molar-refractivity contribution >= 4 is 28.2 Å². The lowest BCUT2D eigenvalue weighted by Crippen LogP contribution is -2.30. The molecule has 5 nitrogen and oxygen atoms in total. The third-order valence-corrected chi connectivity index (χ3v) is 6.98. The molecule has 2 aliphatic rings. The van der Waals surface area contributed by atoms with Crippen LogP contribution in [0.5, 0.6) is 0 Å². The third kappa shape index (κ3) is 4.13. The summed E-state index contributed by atoms with van der Waals surface area (Å²) in [7, 11) is 0. The summed E-state index contributed by atoms with van der Waals surface area (Å²) >= 11 is 1.52. The number of benzene rings is 1. The first-order valence-corrected chi connectivity index (χ1v) is 10.9. The van der Waals surface area contributed by atoms with Gasteiger partial charge in [0.2, 0.25) is 5.91 Å². The molecule has 1 saturated carbocycles. The van der Waals surface area contributed by atoms with E-state index >= 15 is 0 Å². The Kier molecular flexibility index (Phi) is 5.78. The van der Waals surface area contributed by atoms with Gasteiger partial charge >= 0.3 is 0 Å². The van der Waals surface area contributed by atoms with Crippen molar-refractivity contribution in [1.29, 1.82) is 0 Å². The number of primary amides is 1. The Bertz CT molecular complexity index is 856. The molecule has 3 N–H and O–H groups in total. The SMILES string of the molecule is NC(=O)c1c(NC(=O)C2CCCCC2)sc2c1CCN(Cc1ccccc1)C2. The Hall–Kier alpha value is -2.18. The fourth-order valence-corrected chi connectivity index (χ4v) is 5.66. The molecular weight excluding hydrogens is 370 g/mol. The van der Waals surface area contributed by atoms with Crippen molar-refractivity contribution in [3.8, 4) is 0 Å². The number of nitrogens with two attached hydrogens (primary N) is 1. The number of nitrogens with zero attached hydrogens (tertiary/aromatic N) is 1. The van der Waals surface area contributed by atoms with Crippen LogP contribution in [0, 0.1) is 5.92 Å². The summed E-state index contributed by atoms with van der Waals surface area (Å²) < 4.78 is 0. The van der Waals surface area contributed by atoms with Crippen LogP contribution in [-0.2, 0) is 24.3 Å². The molecule has 0 spiro atoms. The highest BCUT2D eigenvalue weighted by Gasteiger charge is 2.29. The zero-order valence-corrected chi connectivity index (χ0v) is 16.9. The van der Waals surface area contributed by atoms with Crippen LogP contribution in [0.2, 0.25) is 0 Å². The number of amides is 2. The molecule has 2 aromatic rings. The molecule has 0 radical (unpaired) electrons. The molecule has 2 amide bonds. The zero-order chi connectivity index (χ0) is 19.5. The second-order valence-electron chi connectivity index (χ2n) is 7.84. The Morgan fingerprint density at radius 1 is 1.14 bits per heavy atom. The number of fused-ring (bicyclic) bond motifs is 1. The smallest absolute Gasteiger partial charge is 0.251 e. The molecule has 0 bridgehead atoms. The number of thiophene rings is 1. The van der Waals surface area contributed by atoms with Crippen molar-refractivity contribution in [2.24, 2.45) is 11.7 Å². The summed E-state index contributed by atoms with van der Waals surface area (Å²) in [5.74, 6) is -0.335. The normalized spacial score (nSPS) is 17.9. The molecular formula is C22H27N3O2S. The Morgan fingerprint density at radius 3 is 2.61 bits per heavy atom. The summed E-state index contributed by atoms with van der Waals surface area (Å²) in [6.07, 6.45) is 6.09. The molecule has 1 aliphatic carbocycles. The van der Waals surface area contributed by atoms with E-state index in [0.29, 0.717) is 10.6 Å². The van der Waals surface area contributed by atoms with Crippen molar-refractivity contribution in [3.63, 3.8) is 0 Å². The maximum Gasteiger partial charge on any atom is 0.251 e. The molecule has 4 rings (SSSR count). The van der Waals surface area contributed by atoms with Gasteiger partial charge in [-0.15, -0.1) is 11.3 Å². The van der Waals surface area contributed by atoms with Crippen molar-refractivity contribution in [2.45, 2.75) is 51.6 Å². The van der Waals surface area contributed by atoms with Gasteiger partial charge in [0.05, 0.1) is 5.56 Å². The third-order valence-electron chi connectivity index (χ3n) is 5.84. The molecule has 0 unspecified atom stereocenters. The maximum atomic E-state index is 12.7. The quantitative estimate of drug-likeness (QED) is 0.803. The van der Waals surface area contributed by atoms with Gasteiger partial charge in [-0.1, -0.05) is 49.6 Å². The average Bonchev–Trinajstić information content (AvgIpc) is 3.06. The van der Waals surface area contributed by atoms with Gasteiger partial charge in [-0.3, -0.25) is 14.5 Å². The molecule has 1 aliphatic heterocycles. The molecule has 0 saturated heterocycles. The van der Waals surface area contributed by atoms with E-state index in [1.807, 2.05) is 6.07 Å². The number of rotatable bonds is 5. The largest absolute Gasteiger partial charge is 0.365 e. The maximum absolute atomic E-state index is 12.7. The van der Waals surface area contributed by atoms with Crippen LogP contribution >= 0.6 is 11.3 Å². The highest BCUT2D eigenvalue weighted by molar-refractivity contribution is 7.17. The number of hydrogen-bond donors (Lipinski definition) is 2. The summed E-state index contributed by atoms with van der Waals surface area (Å²) in [6, 6.07) is 10.4. The zero-order valence-electron chi connectivity index (χ0n) is 16.1. The van der Waals surface area contributed by atoms with Gasteiger partial charge < -0.3 is 11.1 Å². The van der Waals surface area contributed by atoms with Crippen LogP contribution in [0.3, 0.4) is 0 Å². The van der Waals surface area contributed by atoms with Gasteiger partial charge in [-0.2, -0.15) is 0 Å². The lowest BCUT2D eigenvalue weighted by atomic mass is 9.88. The van der Waals surface area contributed by atoms with Crippen LogP contribution < -0.4 is 11.1 Å². The summed E-state index contributed by atoms with van der Waals surface area (Å²) in [6.45, 7) is 2.55. The minimum atomic E-state index is -0.437. The first kappa shape index (κ1) is 19.2. The lowest BCUT2D eigenvalue weighted by Gasteiger charge is -2.27. The first-order chi connectivity index (χ1) is 13.6. The minimum absolute atomic E-state index is 0.0435. The van der Waals surface area contributed by atoms with Crippen LogP contribution in [0.25, 0.3) is 0 Å². The van der Waals surface area contributed by atoms with Crippen molar-refractivity contribution in [3.05, 3.63) is 51.9 Å². The summed E-state index contributed by atoms with van der Waals surface area (Å²) in [5, 5.41) is 3.69. The van der Waals surface area contributed by atoms with E-state index in [0.717, 1.165) is 62.2 Å². The van der Waals surface area contributed by atoms with E-state index < -0.39 is 5.91 Å². The van der Waals surface area contributed by atoms with E-state index in [-0.39, 0.29) is 11.8 Å². The number of carbonyl (C=O) groups is 2. The monoisotopic (exact) mass is 397 g/mol. The van der Waals surface area contributed by atoms with Gasteiger partial charge in [0.25, 0.3) is 5.91 Å². The van der Waals surface area contributed by atoms with E-state index in [1.54, 1.807) is 0 Å². The topological polar surface area (TPSA) is 75.4 Å². The molecule has 6 heteroatoms. The number of nitrogens with one attached hydrogen (secondary N) is 1. The van der Waals surface area contributed by atoms with Crippen molar-refractivity contribution < 1.29 is 9.59 Å².